The smallest absolute Gasteiger partial charge is 0.222 e. The van der Waals surface area contributed by atoms with Crippen LogP contribution in [-0.2, 0) is 11.3 Å². The standard InChI is InChI=1S/C16H20N2O2/c1-12-8-13(2)10-14(9-12)17-6-5-16(19)18-11-15-4-3-7-20-15/h3-4,7-10,17H,5-6,11H2,1-2H3,(H,18,19). The number of carbonyl (C=O) groups is 1. The number of rotatable bonds is 6. The van der Waals surface area contributed by atoms with Crippen molar-refractivity contribution in [1.29, 1.82) is 0 Å². The lowest BCUT2D eigenvalue weighted by molar-refractivity contribution is -0.121. The van der Waals surface area contributed by atoms with Gasteiger partial charge in [-0.15, -0.1) is 0 Å². The van der Waals surface area contributed by atoms with E-state index in [0.717, 1.165) is 11.4 Å². The van der Waals surface area contributed by atoms with Crippen LogP contribution in [0.1, 0.15) is 23.3 Å². The molecule has 106 valence electrons. The molecule has 0 bridgehead atoms. The Morgan fingerprint density at radius 3 is 2.60 bits per heavy atom. The molecule has 0 atom stereocenters. The predicted octanol–water partition coefficient (Wildman–Crippen LogP) is 3.01. The van der Waals surface area contributed by atoms with Crippen LogP contribution in [-0.4, -0.2) is 12.5 Å². The highest BCUT2D eigenvalue weighted by Gasteiger charge is 2.03. The maximum atomic E-state index is 11.7. The molecule has 0 aliphatic heterocycles. The van der Waals surface area contributed by atoms with E-state index in [1.165, 1.54) is 11.1 Å². The number of hydrogen-bond acceptors (Lipinski definition) is 3. The quantitative estimate of drug-likeness (QED) is 0.850. The van der Waals surface area contributed by atoms with Gasteiger partial charge in [0.2, 0.25) is 5.91 Å². The zero-order valence-corrected chi connectivity index (χ0v) is 11.9. The first-order chi connectivity index (χ1) is 9.63. The molecule has 20 heavy (non-hydrogen) atoms. The third-order valence-electron chi connectivity index (χ3n) is 2.94. The number of hydrogen-bond donors (Lipinski definition) is 2. The van der Waals surface area contributed by atoms with E-state index < -0.39 is 0 Å². The molecule has 4 nitrogen and oxygen atoms in total. The van der Waals surface area contributed by atoms with Gasteiger partial charge < -0.3 is 15.1 Å². The van der Waals surface area contributed by atoms with Crippen molar-refractivity contribution in [3.63, 3.8) is 0 Å². The van der Waals surface area contributed by atoms with Gasteiger partial charge in [0.25, 0.3) is 0 Å². The number of carbonyl (C=O) groups excluding carboxylic acids is 1. The van der Waals surface area contributed by atoms with Crippen LogP contribution in [0.25, 0.3) is 0 Å². The number of aryl methyl sites for hydroxylation is 2. The van der Waals surface area contributed by atoms with Crippen molar-refractivity contribution < 1.29 is 9.21 Å². The summed E-state index contributed by atoms with van der Waals surface area (Å²) in [5, 5.41) is 6.09. The fraction of sp³-hybridized carbons (Fsp3) is 0.312. The van der Waals surface area contributed by atoms with Crippen LogP contribution in [0.15, 0.2) is 41.0 Å². The molecule has 0 aliphatic rings. The summed E-state index contributed by atoms with van der Waals surface area (Å²) in [5.41, 5.74) is 3.49. The van der Waals surface area contributed by atoms with Crippen molar-refractivity contribution in [1.82, 2.24) is 5.32 Å². The van der Waals surface area contributed by atoms with Crippen molar-refractivity contribution in [2.75, 3.05) is 11.9 Å². The monoisotopic (exact) mass is 272 g/mol. The first kappa shape index (κ1) is 14.2. The Morgan fingerprint density at radius 1 is 1.20 bits per heavy atom. The minimum Gasteiger partial charge on any atom is -0.467 e. The fourth-order valence-corrected chi connectivity index (χ4v) is 2.08. The van der Waals surface area contributed by atoms with Gasteiger partial charge in [0, 0.05) is 18.7 Å². The molecule has 4 heteroatoms. The van der Waals surface area contributed by atoms with Crippen molar-refractivity contribution in [3.05, 3.63) is 53.5 Å². The van der Waals surface area contributed by atoms with Crippen LogP contribution >= 0.6 is 0 Å². The first-order valence-corrected chi connectivity index (χ1v) is 6.75. The predicted molar refractivity (Wildman–Crippen MR) is 79.6 cm³/mol. The maximum absolute atomic E-state index is 11.7. The van der Waals surface area contributed by atoms with E-state index in [9.17, 15) is 4.79 Å². The second-order valence-electron chi connectivity index (χ2n) is 4.91. The lowest BCUT2D eigenvalue weighted by Gasteiger charge is -2.08. The maximum Gasteiger partial charge on any atom is 0.222 e. The Kier molecular flexibility index (Phi) is 4.82. The minimum atomic E-state index is 0.0123. The van der Waals surface area contributed by atoms with E-state index in [0.29, 0.717) is 19.5 Å². The van der Waals surface area contributed by atoms with Crippen LogP contribution in [0.3, 0.4) is 0 Å². The third kappa shape index (κ3) is 4.46. The van der Waals surface area contributed by atoms with E-state index in [4.69, 9.17) is 4.42 Å². The van der Waals surface area contributed by atoms with Crippen LogP contribution in [0.2, 0.25) is 0 Å². The summed E-state index contributed by atoms with van der Waals surface area (Å²) in [6.45, 7) is 5.19. The molecule has 0 saturated heterocycles. The minimum absolute atomic E-state index is 0.0123. The van der Waals surface area contributed by atoms with Gasteiger partial charge in [-0.3, -0.25) is 4.79 Å². The van der Waals surface area contributed by atoms with Crippen molar-refractivity contribution >= 4 is 11.6 Å². The second kappa shape index (κ2) is 6.80. The summed E-state index contributed by atoms with van der Waals surface area (Å²) in [5.74, 6) is 0.777. The Labute approximate surface area is 119 Å². The number of furan rings is 1. The SMILES string of the molecule is Cc1cc(C)cc(NCCC(=O)NCc2ccco2)c1. The van der Waals surface area contributed by atoms with E-state index in [2.05, 4.69) is 42.7 Å². The van der Waals surface area contributed by atoms with Crippen LogP contribution < -0.4 is 10.6 Å². The summed E-state index contributed by atoms with van der Waals surface area (Å²) >= 11 is 0. The number of amides is 1. The van der Waals surface area contributed by atoms with Gasteiger partial charge in [-0.05, 0) is 49.2 Å². The molecule has 0 unspecified atom stereocenters. The molecule has 1 amide bonds. The molecular formula is C16H20N2O2. The Morgan fingerprint density at radius 2 is 1.95 bits per heavy atom. The Bertz CT molecular complexity index is 542. The largest absolute Gasteiger partial charge is 0.467 e. The van der Waals surface area contributed by atoms with Gasteiger partial charge >= 0.3 is 0 Å². The molecular weight excluding hydrogens is 252 g/mol. The first-order valence-electron chi connectivity index (χ1n) is 6.75. The zero-order chi connectivity index (χ0) is 14.4. The van der Waals surface area contributed by atoms with Gasteiger partial charge in [-0.2, -0.15) is 0 Å². The van der Waals surface area contributed by atoms with Gasteiger partial charge in [0.1, 0.15) is 5.76 Å². The molecule has 0 aliphatic carbocycles. The second-order valence-corrected chi connectivity index (χ2v) is 4.91. The van der Waals surface area contributed by atoms with Gasteiger partial charge in [-0.25, -0.2) is 0 Å². The van der Waals surface area contributed by atoms with Crippen molar-refractivity contribution in [2.45, 2.75) is 26.8 Å². The highest BCUT2D eigenvalue weighted by atomic mass is 16.3. The molecule has 0 saturated carbocycles. The summed E-state index contributed by atoms with van der Waals surface area (Å²) in [7, 11) is 0. The number of anilines is 1. The number of nitrogens with one attached hydrogen (secondary N) is 2. The van der Waals surface area contributed by atoms with Gasteiger partial charge in [0.15, 0.2) is 0 Å². The van der Waals surface area contributed by atoms with Gasteiger partial charge in [-0.1, -0.05) is 6.07 Å². The van der Waals surface area contributed by atoms with Gasteiger partial charge in [0.05, 0.1) is 12.8 Å². The normalized spacial score (nSPS) is 10.3. The number of benzene rings is 1. The summed E-state index contributed by atoms with van der Waals surface area (Å²) in [6.07, 6.45) is 2.04. The van der Waals surface area contributed by atoms with Crippen LogP contribution in [0, 0.1) is 13.8 Å². The molecule has 2 N–H and O–H groups in total. The van der Waals surface area contributed by atoms with E-state index in [-0.39, 0.29) is 5.91 Å². The molecule has 2 aromatic rings. The van der Waals surface area contributed by atoms with Crippen molar-refractivity contribution in [2.24, 2.45) is 0 Å². The molecule has 1 aromatic carbocycles. The van der Waals surface area contributed by atoms with E-state index in [1.807, 2.05) is 12.1 Å². The molecule has 0 spiro atoms. The van der Waals surface area contributed by atoms with Crippen LogP contribution in [0.4, 0.5) is 5.69 Å². The summed E-state index contributed by atoms with van der Waals surface area (Å²) in [4.78, 5) is 11.7. The third-order valence-corrected chi connectivity index (χ3v) is 2.94. The summed E-state index contributed by atoms with van der Waals surface area (Å²) in [6, 6.07) is 9.93. The topological polar surface area (TPSA) is 54.3 Å². The average molecular weight is 272 g/mol. The molecule has 0 fully saturated rings. The molecule has 1 heterocycles. The molecule has 0 radical (unpaired) electrons. The van der Waals surface area contributed by atoms with E-state index in [1.54, 1.807) is 6.26 Å². The Balaban J connectivity index is 1.71. The molecule has 1 aromatic heterocycles. The van der Waals surface area contributed by atoms with Crippen LogP contribution in [0.5, 0.6) is 0 Å². The summed E-state index contributed by atoms with van der Waals surface area (Å²) < 4.78 is 5.15. The molecule has 2 rings (SSSR count). The highest BCUT2D eigenvalue weighted by Crippen LogP contribution is 2.13. The lowest BCUT2D eigenvalue weighted by Crippen LogP contribution is -2.24. The average Bonchev–Trinajstić information content (AvgIpc) is 2.88. The highest BCUT2D eigenvalue weighted by molar-refractivity contribution is 5.76. The fourth-order valence-electron chi connectivity index (χ4n) is 2.08. The van der Waals surface area contributed by atoms with E-state index >= 15 is 0 Å². The zero-order valence-electron chi connectivity index (χ0n) is 11.9. The Hall–Kier alpha value is -2.23. The lowest BCUT2D eigenvalue weighted by atomic mass is 10.1. The van der Waals surface area contributed by atoms with Crippen molar-refractivity contribution in [3.8, 4) is 0 Å².